The number of carbonyl (C=O) groups is 1. The summed E-state index contributed by atoms with van der Waals surface area (Å²) in [4.78, 5) is 20.8. The van der Waals surface area contributed by atoms with Gasteiger partial charge in [-0.3, -0.25) is 5.32 Å². The van der Waals surface area contributed by atoms with Crippen molar-refractivity contribution in [3.05, 3.63) is 47.0 Å². The average molecular weight is 376 g/mol. The number of aryl methyl sites for hydroxylation is 1. The minimum Gasteiger partial charge on any atom is -0.302 e. The number of para-hydroxylation sites is 1. The SMILES string of the molecule is Cc1nc2ccc3nc(NC(=O)Nc4c(F)cccc4F)sc3c2s1. The molecular weight excluding hydrogens is 366 g/mol. The van der Waals surface area contributed by atoms with Gasteiger partial charge in [-0.15, -0.1) is 11.3 Å². The van der Waals surface area contributed by atoms with Crippen molar-refractivity contribution in [2.75, 3.05) is 10.6 Å². The number of aromatic nitrogens is 2. The molecule has 126 valence electrons. The third kappa shape index (κ3) is 2.92. The van der Waals surface area contributed by atoms with Gasteiger partial charge in [0, 0.05) is 0 Å². The number of hydrogen-bond acceptors (Lipinski definition) is 5. The molecule has 0 fully saturated rings. The molecule has 0 unspecified atom stereocenters. The Labute approximate surface area is 148 Å². The van der Waals surface area contributed by atoms with Crippen LogP contribution in [0.4, 0.5) is 24.4 Å². The Balaban J connectivity index is 1.62. The van der Waals surface area contributed by atoms with Gasteiger partial charge in [0.05, 0.1) is 25.4 Å². The Bertz CT molecular complexity index is 1100. The molecule has 0 atom stereocenters. The first kappa shape index (κ1) is 15.9. The van der Waals surface area contributed by atoms with Gasteiger partial charge in [-0.1, -0.05) is 17.4 Å². The van der Waals surface area contributed by atoms with Crippen LogP contribution in [-0.2, 0) is 0 Å². The molecule has 0 aliphatic rings. The van der Waals surface area contributed by atoms with Gasteiger partial charge in [0.15, 0.2) is 5.13 Å². The average Bonchev–Trinajstić information content (AvgIpc) is 3.12. The van der Waals surface area contributed by atoms with Crippen molar-refractivity contribution in [1.82, 2.24) is 9.97 Å². The first-order valence-corrected chi connectivity index (χ1v) is 8.83. The molecule has 0 spiro atoms. The molecule has 9 heteroatoms. The van der Waals surface area contributed by atoms with Crippen LogP contribution in [0.1, 0.15) is 5.01 Å². The van der Waals surface area contributed by atoms with Crippen molar-refractivity contribution in [3.63, 3.8) is 0 Å². The molecule has 0 aliphatic carbocycles. The van der Waals surface area contributed by atoms with Crippen LogP contribution in [-0.4, -0.2) is 16.0 Å². The zero-order chi connectivity index (χ0) is 17.6. The van der Waals surface area contributed by atoms with Crippen LogP contribution in [0.2, 0.25) is 0 Å². The second-order valence-corrected chi connectivity index (χ2v) is 7.39. The predicted molar refractivity (Wildman–Crippen MR) is 96.5 cm³/mol. The number of thiazole rings is 2. The number of nitrogens with zero attached hydrogens (tertiary/aromatic N) is 2. The summed E-state index contributed by atoms with van der Waals surface area (Å²) in [6.45, 7) is 1.92. The summed E-state index contributed by atoms with van der Waals surface area (Å²) in [6.07, 6.45) is 0. The number of nitrogens with one attached hydrogen (secondary N) is 2. The number of rotatable bonds is 2. The van der Waals surface area contributed by atoms with E-state index >= 15 is 0 Å². The lowest BCUT2D eigenvalue weighted by atomic mass is 10.3. The Hall–Kier alpha value is -2.65. The van der Waals surface area contributed by atoms with E-state index in [0.29, 0.717) is 5.13 Å². The van der Waals surface area contributed by atoms with Gasteiger partial charge in [0.25, 0.3) is 0 Å². The van der Waals surface area contributed by atoms with Gasteiger partial charge in [-0.05, 0) is 31.2 Å². The number of anilines is 2. The molecule has 2 N–H and O–H groups in total. The molecule has 2 amide bonds. The summed E-state index contributed by atoms with van der Waals surface area (Å²) in [5.41, 5.74) is 1.11. The second-order valence-electron chi connectivity index (χ2n) is 5.19. The highest BCUT2D eigenvalue weighted by Gasteiger charge is 2.15. The molecule has 2 aromatic carbocycles. The van der Waals surface area contributed by atoms with E-state index in [0.717, 1.165) is 37.6 Å². The molecule has 5 nitrogen and oxygen atoms in total. The number of benzene rings is 2. The maximum absolute atomic E-state index is 13.6. The lowest BCUT2D eigenvalue weighted by Crippen LogP contribution is -2.20. The van der Waals surface area contributed by atoms with Crippen molar-refractivity contribution in [3.8, 4) is 0 Å². The quantitative estimate of drug-likeness (QED) is 0.509. The van der Waals surface area contributed by atoms with Gasteiger partial charge in [0.2, 0.25) is 0 Å². The second kappa shape index (κ2) is 6.01. The van der Waals surface area contributed by atoms with Crippen LogP contribution in [0, 0.1) is 18.6 Å². The highest BCUT2D eigenvalue weighted by atomic mass is 32.1. The fraction of sp³-hybridized carbons (Fsp3) is 0.0625. The van der Waals surface area contributed by atoms with Crippen LogP contribution in [0.3, 0.4) is 0 Å². The van der Waals surface area contributed by atoms with Crippen LogP contribution < -0.4 is 10.6 Å². The largest absolute Gasteiger partial charge is 0.325 e. The zero-order valence-corrected chi connectivity index (χ0v) is 14.4. The molecule has 0 saturated carbocycles. The number of urea groups is 1. The molecule has 25 heavy (non-hydrogen) atoms. The van der Waals surface area contributed by atoms with Gasteiger partial charge >= 0.3 is 6.03 Å². The summed E-state index contributed by atoms with van der Waals surface area (Å²) in [5, 5.41) is 5.96. The number of carbonyl (C=O) groups excluding carboxylic acids is 1. The van der Waals surface area contributed by atoms with Gasteiger partial charge in [0.1, 0.15) is 17.3 Å². The smallest absolute Gasteiger partial charge is 0.302 e. The van der Waals surface area contributed by atoms with Crippen LogP contribution in [0.15, 0.2) is 30.3 Å². The van der Waals surface area contributed by atoms with E-state index < -0.39 is 23.4 Å². The molecule has 2 aromatic heterocycles. The van der Waals surface area contributed by atoms with Gasteiger partial charge in [-0.2, -0.15) is 0 Å². The van der Waals surface area contributed by atoms with Crippen molar-refractivity contribution in [2.45, 2.75) is 6.92 Å². The lowest BCUT2D eigenvalue weighted by Gasteiger charge is -2.07. The van der Waals surface area contributed by atoms with Crippen molar-refractivity contribution in [1.29, 1.82) is 0 Å². The minimum atomic E-state index is -0.846. The minimum absolute atomic E-state index is 0.336. The molecule has 0 bridgehead atoms. The third-order valence-corrected chi connectivity index (χ3v) is 5.58. The van der Waals surface area contributed by atoms with E-state index in [1.807, 2.05) is 19.1 Å². The van der Waals surface area contributed by atoms with Gasteiger partial charge < -0.3 is 5.32 Å². The summed E-state index contributed by atoms with van der Waals surface area (Å²) in [7, 11) is 0. The van der Waals surface area contributed by atoms with E-state index in [9.17, 15) is 13.6 Å². The Morgan fingerprint density at radius 1 is 0.960 bits per heavy atom. The standard InChI is InChI=1S/C16H10F2N4OS2/c1-7-19-10-5-6-11-14(13(10)24-7)25-16(20-11)22-15(23)21-12-8(17)3-2-4-9(12)18/h2-6H,1H3,(H2,20,21,22,23). The normalized spacial score (nSPS) is 11.2. The fourth-order valence-electron chi connectivity index (χ4n) is 2.40. The first-order valence-electron chi connectivity index (χ1n) is 7.20. The number of fused-ring (bicyclic) bond motifs is 3. The van der Waals surface area contributed by atoms with Crippen molar-refractivity contribution < 1.29 is 13.6 Å². The van der Waals surface area contributed by atoms with Gasteiger partial charge in [-0.25, -0.2) is 23.5 Å². The molecule has 0 aliphatic heterocycles. The third-order valence-electron chi connectivity index (χ3n) is 3.44. The van der Waals surface area contributed by atoms with Crippen molar-refractivity contribution >= 4 is 60.0 Å². The molecule has 4 rings (SSSR count). The number of halogens is 2. The number of amides is 2. The monoisotopic (exact) mass is 376 g/mol. The summed E-state index contributed by atoms with van der Waals surface area (Å²) >= 11 is 2.84. The molecule has 0 saturated heterocycles. The summed E-state index contributed by atoms with van der Waals surface area (Å²) < 4.78 is 29.1. The lowest BCUT2D eigenvalue weighted by molar-refractivity contribution is 0.262. The number of hydrogen-bond donors (Lipinski definition) is 2. The maximum Gasteiger partial charge on any atom is 0.325 e. The Morgan fingerprint density at radius 2 is 1.60 bits per heavy atom. The van der Waals surface area contributed by atoms with Crippen LogP contribution in [0.5, 0.6) is 0 Å². The fourth-order valence-corrected chi connectivity index (χ4v) is 4.40. The van der Waals surface area contributed by atoms with E-state index in [1.165, 1.54) is 17.4 Å². The maximum atomic E-state index is 13.6. The Kier molecular flexibility index (Phi) is 3.81. The van der Waals surface area contributed by atoms with Crippen LogP contribution in [0.25, 0.3) is 20.4 Å². The highest BCUT2D eigenvalue weighted by Crippen LogP contribution is 2.35. The molecule has 4 aromatic rings. The van der Waals surface area contributed by atoms with E-state index in [-0.39, 0.29) is 0 Å². The topological polar surface area (TPSA) is 66.9 Å². The molecule has 2 heterocycles. The molecular formula is C16H10F2N4OS2. The summed E-state index contributed by atoms with van der Waals surface area (Å²) in [6, 6.07) is 6.30. The predicted octanol–water partition coefficient (Wildman–Crippen LogP) is 5.14. The Morgan fingerprint density at radius 3 is 2.32 bits per heavy atom. The first-order chi connectivity index (χ1) is 12.0. The zero-order valence-electron chi connectivity index (χ0n) is 12.8. The van der Waals surface area contributed by atoms with Crippen molar-refractivity contribution in [2.24, 2.45) is 0 Å². The van der Waals surface area contributed by atoms with Crippen LogP contribution >= 0.6 is 22.7 Å². The highest BCUT2D eigenvalue weighted by molar-refractivity contribution is 7.28. The van der Waals surface area contributed by atoms with E-state index in [2.05, 4.69) is 20.6 Å². The van der Waals surface area contributed by atoms with E-state index in [4.69, 9.17) is 0 Å². The van der Waals surface area contributed by atoms with E-state index in [1.54, 1.807) is 11.3 Å². The molecule has 0 radical (unpaired) electrons. The summed E-state index contributed by atoms with van der Waals surface area (Å²) in [5.74, 6) is -1.69.